The van der Waals surface area contributed by atoms with Gasteiger partial charge in [-0.3, -0.25) is 4.79 Å². The maximum atomic E-state index is 12.3. The second-order valence-corrected chi connectivity index (χ2v) is 6.35. The van der Waals surface area contributed by atoms with E-state index in [1.54, 1.807) is 0 Å². The molecule has 6 heteroatoms. The zero-order valence-electron chi connectivity index (χ0n) is 11.6. The van der Waals surface area contributed by atoms with Crippen molar-refractivity contribution < 1.29 is 14.3 Å². The van der Waals surface area contributed by atoms with Gasteiger partial charge in [-0.25, -0.2) is 4.98 Å². The molecule has 5 nitrogen and oxygen atoms in total. The molecule has 0 aromatic carbocycles. The van der Waals surface area contributed by atoms with Crippen LogP contribution in [0.1, 0.15) is 36.2 Å². The lowest BCUT2D eigenvalue weighted by molar-refractivity contribution is 0.0871. The summed E-state index contributed by atoms with van der Waals surface area (Å²) >= 11 is 1.51. The molecule has 0 spiro atoms. The minimum atomic E-state index is -0.227. The molecule has 2 heterocycles. The van der Waals surface area contributed by atoms with E-state index in [9.17, 15) is 9.90 Å². The number of nitrogens with one attached hydrogen (secondary N) is 1. The van der Waals surface area contributed by atoms with Gasteiger partial charge in [0.2, 0.25) is 0 Å². The molecule has 2 aromatic heterocycles. The Labute approximate surface area is 127 Å². The van der Waals surface area contributed by atoms with Crippen LogP contribution in [0.2, 0.25) is 0 Å². The third-order valence-corrected chi connectivity index (χ3v) is 4.70. The summed E-state index contributed by atoms with van der Waals surface area (Å²) in [6.07, 6.45) is 4.77. The first-order valence-corrected chi connectivity index (χ1v) is 8.05. The van der Waals surface area contributed by atoms with Gasteiger partial charge in [0.1, 0.15) is 0 Å². The summed E-state index contributed by atoms with van der Waals surface area (Å²) in [5.74, 6) is 0.646. The number of hydrogen-bond donors (Lipinski definition) is 2. The average molecular weight is 306 g/mol. The van der Waals surface area contributed by atoms with Crippen LogP contribution >= 0.6 is 11.3 Å². The van der Waals surface area contributed by atoms with Gasteiger partial charge in [-0.05, 0) is 36.6 Å². The maximum absolute atomic E-state index is 12.3. The van der Waals surface area contributed by atoms with Crippen molar-refractivity contribution in [2.45, 2.75) is 31.8 Å². The molecule has 0 radical (unpaired) electrons. The number of carbonyl (C=O) groups is 1. The summed E-state index contributed by atoms with van der Waals surface area (Å²) in [6, 6.07) is 3.81. The van der Waals surface area contributed by atoms with E-state index in [1.807, 2.05) is 17.5 Å². The topological polar surface area (TPSA) is 75.4 Å². The number of amides is 1. The quantitative estimate of drug-likeness (QED) is 0.910. The van der Waals surface area contributed by atoms with E-state index in [4.69, 9.17) is 4.42 Å². The van der Waals surface area contributed by atoms with Crippen LogP contribution in [0.25, 0.3) is 10.6 Å². The predicted molar refractivity (Wildman–Crippen MR) is 80.1 cm³/mol. The summed E-state index contributed by atoms with van der Waals surface area (Å²) in [5.41, 5.74) is 0.328. The van der Waals surface area contributed by atoms with E-state index in [2.05, 4.69) is 10.3 Å². The number of rotatable bonds is 4. The van der Waals surface area contributed by atoms with E-state index in [1.165, 1.54) is 17.7 Å². The van der Waals surface area contributed by atoms with Crippen molar-refractivity contribution in [3.05, 3.63) is 29.6 Å². The zero-order chi connectivity index (χ0) is 14.7. The van der Waals surface area contributed by atoms with Crippen LogP contribution in [0.3, 0.4) is 0 Å². The molecular formula is C15H18N2O3S. The lowest BCUT2D eigenvalue weighted by Gasteiger charge is -2.25. The van der Waals surface area contributed by atoms with Crippen molar-refractivity contribution in [2.24, 2.45) is 5.92 Å². The minimum Gasteiger partial charge on any atom is -0.442 e. The predicted octanol–water partition coefficient (Wildman–Crippen LogP) is 2.68. The van der Waals surface area contributed by atoms with Crippen molar-refractivity contribution in [1.29, 1.82) is 0 Å². The van der Waals surface area contributed by atoms with Gasteiger partial charge in [-0.2, -0.15) is 0 Å². The second kappa shape index (κ2) is 6.41. The van der Waals surface area contributed by atoms with E-state index in [0.29, 0.717) is 23.9 Å². The average Bonchev–Trinajstić information content (AvgIpc) is 3.14. The molecule has 1 aliphatic rings. The molecule has 0 aliphatic heterocycles. The Morgan fingerprint density at radius 2 is 2.43 bits per heavy atom. The molecule has 1 amide bonds. The number of thiophene rings is 1. The van der Waals surface area contributed by atoms with Gasteiger partial charge in [-0.1, -0.05) is 12.5 Å². The fraction of sp³-hybridized carbons (Fsp3) is 0.467. The third-order valence-electron chi connectivity index (χ3n) is 3.83. The van der Waals surface area contributed by atoms with Crippen molar-refractivity contribution >= 4 is 17.2 Å². The van der Waals surface area contributed by atoms with Crippen molar-refractivity contribution in [3.8, 4) is 10.6 Å². The van der Waals surface area contributed by atoms with Crippen molar-refractivity contribution in [2.75, 3.05) is 6.54 Å². The summed E-state index contributed by atoms with van der Waals surface area (Å²) in [6.45, 7) is 0.576. The molecule has 3 rings (SSSR count). The molecule has 1 aliphatic carbocycles. The molecule has 21 heavy (non-hydrogen) atoms. The molecule has 112 valence electrons. The number of nitrogens with zero attached hydrogens (tertiary/aromatic N) is 1. The smallest absolute Gasteiger partial charge is 0.273 e. The lowest BCUT2D eigenvalue weighted by Crippen LogP contribution is -2.33. The van der Waals surface area contributed by atoms with Gasteiger partial charge in [0.25, 0.3) is 5.91 Å². The molecule has 0 saturated heterocycles. The molecule has 2 aromatic rings. The van der Waals surface area contributed by atoms with Gasteiger partial charge in [0.05, 0.1) is 11.0 Å². The monoisotopic (exact) mass is 306 g/mol. The molecule has 2 unspecified atom stereocenters. The van der Waals surface area contributed by atoms with Gasteiger partial charge in [0, 0.05) is 6.54 Å². The van der Waals surface area contributed by atoms with Gasteiger partial charge < -0.3 is 14.8 Å². The minimum absolute atomic E-state index is 0.216. The van der Waals surface area contributed by atoms with Crippen LogP contribution in [-0.4, -0.2) is 28.6 Å². The van der Waals surface area contributed by atoms with Crippen molar-refractivity contribution in [3.63, 3.8) is 0 Å². The normalized spacial score (nSPS) is 22.1. The van der Waals surface area contributed by atoms with Crippen LogP contribution in [0, 0.1) is 5.92 Å². The Balaban J connectivity index is 1.62. The summed E-state index contributed by atoms with van der Waals surface area (Å²) in [5, 5.41) is 14.5. The third kappa shape index (κ3) is 3.33. The highest BCUT2D eigenvalue weighted by Crippen LogP contribution is 2.28. The fourth-order valence-corrected chi connectivity index (χ4v) is 3.47. The highest BCUT2D eigenvalue weighted by molar-refractivity contribution is 7.13. The Kier molecular flexibility index (Phi) is 4.36. The highest BCUT2D eigenvalue weighted by atomic mass is 32.1. The Bertz CT molecular complexity index is 594. The molecule has 1 saturated carbocycles. The maximum Gasteiger partial charge on any atom is 0.273 e. The van der Waals surface area contributed by atoms with E-state index in [-0.39, 0.29) is 12.0 Å². The standard InChI is InChI=1S/C15H18N2O3S/c18-11-4-1-3-10(7-11)8-16-15(19)13-14(20-9-17-13)12-5-2-6-21-12/h2,5-6,9-11,18H,1,3-4,7-8H2,(H,16,19). The number of oxazole rings is 1. The second-order valence-electron chi connectivity index (χ2n) is 5.40. The lowest BCUT2D eigenvalue weighted by atomic mass is 9.87. The summed E-state index contributed by atoms with van der Waals surface area (Å²) in [7, 11) is 0. The van der Waals surface area contributed by atoms with Crippen LogP contribution in [0.5, 0.6) is 0 Å². The summed E-state index contributed by atoms with van der Waals surface area (Å²) in [4.78, 5) is 17.2. The number of aliphatic hydroxyl groups is 1. The van der Waals surface area contributed by atoms with Crippen LogP contribution < -0.4 is 5.32 Å². The fourth-order valence-electron chi connectivity index (χ4n) is 2.76. The van der Waals surface area contributed by atoms with Gasteiger partial charge in [-0.15, -0.1) is 11.3 Å². The number of hydrogen-bond acceptors (Lipinski definition) is 5. The summed E-state index contributed by atoms with van der Waals surface area (Å²) < 4.78 is 5.34. The number of aliphatic hydroxyl groups excluding tert-OH is 1. The molecule has 0 bridgehead atoms. The molecule has 2 atom stereocenters. The Morgan fingerprint density at radius 1 is 1.52 bits per heavy atom. The van der Waals surface area contributed by atoms with E-state index >= 15 is 0 Å². The first-order chi connectivity index (χ1) is 10.2. The molecule has 1 fully saturated rings. The van der Waals surface area contributed by atoms with Crippen LogP contribution in [0.15, 0.2) is 28.3 Å². The zero-order valence-corrected chi connectivity index (χ0v) is 12.4. The van der Waals surface area contributed by atoms with Crippen molar-refractivity contribution in [1.82, 2.24) is 10.3 Å². The molecule has 2 N–H and O–H groups in total. The number of aromatic nitrogens is 1. The first-order valence-electron chi connectivity index (χ1n) is 7.17. The van der Waals surface area contributed by atoms with E-state index in [0.717, 1.165) is 30.6 Å². The number of carbonyl (C=O) groups excluding carboxylic acids is 1. The Hall–Kier alpha value is -1.66. The van der Waals surface area contributed by atoms with Gasteiger partial charge >= 0.3 is 0 Å². The highest BCUT2D eigenvalue weighted by Gasteiger charge is 2.23. The van der Waals surface area contributed by atoms with Gasteiger partial charge in [0.15, 0.2) is 17.8 Å². The molecular weight excluding hydrogens is 288 g/mol. The van der Waals surface area contributed by atoms with Crippen LogP contribution in [0.4, 0.5) is 0 Å². The largest absolute Gasteiger partial charge is 0.442 e. The van der Waals surface area contributed by atoms with E-state index < -0.39 is 0 Å². The SMILES string of the molecule is O=C(NCC1CCCC(O)C1)c1ncoc1-c1cccs1. The first kappa shape index (κ1) is 14.3. The Morgan fingerprint density at radius 3 is 3.19 bits per heavy atom. The van der Waals surface area contributed by atoms with Crippen LogP contribution in [-0.2, 0) is 0 Å².